The smallest absolute Gasteiger partial charge is 0.255 e. The first-order valence-corrected chi connectivity index (χ1v) is 11.7. The lowest BCUT2D eigenvalue weighted by Gasteiger charge is -2.22. The summed E-state index contributed by atoms with van der Waals surface area (Å²) in [7, 11) is 0. The Morgan fingerprint density at radius 2 is 1.67 bits per heavy atom. The van der Waals surface area contributed by atoms with Crippen molar-refractivity contribution in [3.63, 3.8) is 0 Å². The van der Waals surface area contributed by atoms with Crippen molar-refractivity contribution in [3.05, 3.63) is 86.4 Å². The fraction of sp³-hybridized carbons (Fsp3) is 0.320. The summed E-state index contributed by atoms with van der Waals surface area (Å²) in [6, 6.07) is 13.8. The van der Waals surface area contributed by atoms with Crippen LogP contribution in [0.15, 0.2) is 47.8 Å². The van der Waals surface area contributed by atoms with Crippen molar-refractivity contribution in [2.24, 2.45) is 0 Å². The van der Waals surface area contributed by atoms with Crippen molar-refractivity contribution in [3.8, 4) is 0 Å². The maximum Gasteiger partial charge on any atom is 0.255 e. The first-order chi connectivity index (χ1) is 15.8. The molecule has 3 aromatic rings. The largest absolute Gasteiger partial charge is 0.380 e. The Bertz CT molecular complexity index is 1130. The van der Waals surface area contributed by atoms with Gasteiger partial charge >= 0.3 is 0 Å². The number of aliphatic hydroxyl groups excluding tert-OH is 2. The standard InChI is InChI=1S/C25H27N3O4S/c1-15-6-5-7-16(2)20(15)10-19-14-33-21(27-19)11-26-24(31)22(29)23(30)25(32)28-12-17-8-3-4-9-18(17)13-28/h3-9,14,22-23,29-30H,10-13H2,1-2H3,(H,26,31)/t22?,23-/m1/s1. The van der Waals surface area contributed by atoms with Crippen LogP contribution in [0.5, 0.6) is 0 Å². The van der Waals surface area contributed by atoms with Crippen LogP contribution in [0.4, 0.5) is 0 Å². The summed E-state index contributed by atoms with van der Waals surface area (Å²) in [5.41, 5.74) is 6.56. The number of rotatable bonds is 7. The summed E-state index contributed by atoms with van der Waals surface area (Å²) in [6.07, 6.45) is -2.97. The second kappa shape index (κ2) is 9.82. The van der Waals surface area contributed by atoms with Gasteiger partial charge in [0.2, 0.25) is 0 Å². The van der Waals surface area contributed by atoms with E-state index in [9.17, 15) is 19.8 Å². The Kier molecular flexibility index (Phi) is 6.88. The minimum absolute atomic E-state index is 0.114. The van der Waals surface area contributed by atoms with Gasteiger partial charge in [0.1, 0.15) is 5.01 Å². The van der Waals surface area contributed by atoms with Crippen molar-refractivity contribution in [2.45, 2.75) is 52.1 Å². The molecular formula is C25H27N3O4S. The Labute approximate surface area is 196 Å². The Morgan fingerprint density at radius 1 is 1.03 bits per heavy atom. The van der Waals surface area contributed by atoms with Crippen LogP contribution in [0.3, 0.4) is 0 Å². The van der Waals surface area contributed by atoms with Crippen LogP contribution in [0, 0.1) is 13.8 Å². The van der Waals surface area contributed by atoms with Crippen molar-refractivity contribution < 1.29 is 19.8 Å². The third kappa shape index (κ3) is 5.13. The number of aryl methyl sites for hydroxylation is 2. The summed E-state index contributed by atoms with van der Waals surface area (Å²) in [5.74, 6) is -1.47. The van der Waals surface area contributed by atoms with Gasteiger partial charge in [-0.25, -0.2) is 4.98 Å². The van der Waals surface area contributed by atoms with E-state index in [0.717, 1.165) is 16.8 Å². The van der Waals surface area contributed by atoms with Crippen LogP contribution in [0.1, 0.15) is 38.5 Å². The van der Waals surface area contributed by atoms with E-state index in [1.54, 1.807) is 0 Å². The van der Waals surface area contributed by atoms with E-state index in [1.165, 1.54) is 32.9 Å². The number of thiazole rings is 1. The summed E-state index contributed by atoms with van der Waals surface area (Å²) in [5, 5.41) is 25.8. The van der Waals surface area contributed by atoms with E-state index in [-0.39, 0.29) is 6.54 Å². The minimum Gasteiger partial charge on any atom is -0.380 e. The van der Waals surface area contributed by atoms with E-state index >= 15 is 0 Å². The molecule has 33 heavy (non-hydrogen) atoms. The number of hydrogen-bond donors (Lipinski definition) is 3. The van der Waals surface area contributed by atoms with Crippen molar-refractivity contribution >= 4 is 23.2 Å². The molecule has 7 nitrogen and oxygen atoms in total. The zero-order valence-electron chi connectivity index (χ0n) is 18.6. The van der Waals surface area contributed by atoms with Gasteiger partial charge < -0.3 is 20.4 Å². The highest BCUT2D eigenvalue weighted by Gasteiger charge is 2.35. The minimum atomic E-state index is -1.85. The summed E-state index contributed by atoms with van der Waals surface area (Å²) < 4.78 is 0. The number of amides is 2. The number of hydrogen-bond acceptors (Lipinski definition) is 6. The number of nitrogens with zero attached hydrogens (tertiary/aromatic N) is 2. The highest BCUT2D eigenvalue weighted by Crippen LogP contribution is 2.23. The van der Waals surface area contributed by atoms with Gasteiger partial charge in [0, 0.05) is 24.9 Å². The monoisotopic (exact) mass is 465 g/mol. The first-order valence-electron chi connectivity index (χ1n) is 10.8. The lowest BCUT2D eigenvalue weighted by Crippen LogP contribution is -2.49. The number of fused-ring (bicyclic) bond motifs is 1. The molecule has 1 aromatic heterocycles. The molecule has 1 aliphatic rings. The highest BCUT2D eigenvalue weighted by atomic mass is 32.1. The predicted molar refractivity (Wildman–Crippen MR) is 125 cm³/mol. The molecule has 172 valence electrons. The lowest BCUT2D eigenvalue weighted by atomic mass is 9.99. The van der Waals surface area contributed by atoms with E-state index in [4.69, 9.17) is 0 Å². The number of aromatic nitrogens is 1. The number of nitrogens with one attached hydrogen (secondary N) is 1. The Balaban J connectivity index is 1.30. The zero-order chi connectivity index (χ0) is 23.5. The molecule has 0 radical (unpaired) electrons. The molecule has 2 amide bonds. The van der Waals surface area contributed by atoms with Crippen LogP contribution in [-0.4, -0.2) is 44.1 Å². The van der Waals surface area contributed by atoms with Gasteiger partial charge in [0.05, 0.1) is 12.2 Å². The topological polar surface area (TPSA) is 103 Å². The average Bonchev–Trinajstić information content (AvgIpc) is 3.45. The molecule has 3 N–H and O–H groups in total. The predicted octanol–water partition coefficient (Wildman–Crippen LogP) is 2.23. The molecule has 0 fully saturated rings. The van der Waals surface area contributed by atoms with E-state index in [1.807, 2.05) is 35.7 Å². The normalized spacial score (nSPS) is 14.6. The van der Waals surface area contributed by atoms with Crippen LogP contribution in [-0.2, 0) is 35.6 Å². The highest BCUT2D eigenvalue weighted by molar-refractivity contribution is 7.09. The van der Waals surface area contributed by atoms with Crippen molar-refractivity contribution in [2.75, 3.05) is 0 Å². The summed E-state index contributed by atoms with van der Waals surface area (Å²) in [4.78, 5) is 31.0. The molecule has 2 heterocycles. The maximum atomic E-state index is 12.6. The Morgan fingerprint density at radius 3 is 2.30 bits per heavy atom. The molecule has 4 rings (SSSR count). The summed E-state index contributed by atoms with van der Waals surface area (Å²) in [6.45, 7) is 4.96. The quantitative estimate of drug-likeness (QED) is 0.497. The molecule has 2 atom stereocenters. The van der Waals surface area contributed by atoms with Gasteiger partial charge in [-0.2, -0.15) is 0 Å². The molecule has 1 unspecified atom stereocenters. The molecular weight excluding hydrogens is 438 g/mol. The van der Waals surface area contributed by atoms with E-state index < -0.39 is 24.0 Å². The number of benzene rings is 2. The van der Waals surface area contributed by atoms with Gasteiger partial charge in [0.15, 0.2) is 12.2 Å². The van der Waals surface area contributed by atoms with Crippen LogP contribution in [0.25, 0.3) is 0 Å². The third-order valence-corrected chi connectivity index (χ3v) is 6.89. The molecule has 0 spiro atoms. The van der Waals surface area contributed by atoms with E-state index in [2.05, 4.69) is 36.3 Å². The average molecular weight is 466 g/mol. The summed E-state index contributed by atoms with van der Waals surface area (Å²) >= 11 is 1.42. The second-order valence-corrected chi connectivity index (χ2v) is 9.29. The fourth-order valence-electron chi connectivity index (χ4n) is 4.04. The molecule has 8 heteroatoms. The first kappa shape index (κ1) is 23.1. The maximum absolute atomic E-state index is 12.6. The molecule has 1 aliphatic heterocycles. The number of carbonyl (C=O) groups is 2. The number of carbonyl (C=O) groups excluding carboxylic acids is 2. The molecule has 0 saturated heterocycles. The van der Waals surface area contributed by atoms with Crippen molar-refractivity contribution in [1.82, 2.24) is 15.2 Å². The van der Waals surface area contributed by atoms with Crippen LogP contribution < -0.4 is 5.32 Å². The fourth-order valence-corrected chi connectivity index (χ4v) is 4.78. The van der Waals surface area contributed by atoms with Gasteiger partial charge in [-0.05, 0) is 41.7 Å². The third-order valence-electron chi connectivity index (χ3n) is 5.99. The van der Waals surface area contributed by atoms with Gasteiger partial charge in [0.25, 0.3) is 11.8 Å². The molecule has 0 aliphatic carbocycles. The van der Waals surface area contributed by atoms with Gasteiger partial charge in [-0.3, -0.25) is 9.59 Å². The zero-order valence-corrected chi connectivity index (χ0v) is 19.4. The molecule has 2 aromatic carbocycles. The SMILES string of the molecule is Cc1cccc(C)c1Cc1csc(CNC(=O)C(O)[C@@H](O)C(=O)N2Cc3ccccc3C2)n1. The molecule has 0 saturated carbocycles. The lowest BCUT2D eigenvalue weighted by molar-refractivity contribution is -0.153. The van der Waals surface area contributed by atoms with Gasteiger partial charge in [-0.15, -0.1) is 11.3 Å². The molecule has 0 bridgehead atoms. The van der Waals surface area contributed by atoms with E-state index in [0.29, 0.717) is 24.5 Å². The van der Waals surface area contributed by atoms with Crippen LogP contribution in [0.2, 0.25) is 0 Å². The van der Waals surface area contributed by atoms with Crippen molar-refractivity contribution in [1.29, 1.82) is 0 Å². The second-order valence-electron chi connectivity index (χ2n) is 8.35. The number of aliphatic hydroxyl groups is 2. The Hall–Kier alpha value is -3.07. The van der Waals surface area contributed by atoms with Crippen LogP contribution >= 0.6 is 11.3 Å². The van der Waals surface area contributed by atoms with Gasteiger partial charge in [-0.1, -0.05) is 42.5 Å².